The van der Waals surface area contributed by atoms with Gasteiger partial charge in [-0.25, -0.2) is 0 Å². The first-order chi connectivity index (χ1) is 11.5. The van der Waals surface area contributed by atoms with Crippen molar-refractivity contribution in [1.29, 1.82) is 10.8 Å². The zero-order chi connectivity index (χ0) is 17.1. The Hall–Kier alpha value is -2.96. The van der Waals surface area contributed by atoms with Crippen LogP contribution in [0.1, 0.15) is 11.1 Å². The Morgan fingerprint density at radius 3 is 1.08 bits per heavy atom. The van der Waals surface area contributed by atoms with E-state index in [1.807, 2.05) is 82.5 Å². The second-order valence-corrected chi connectivity index (χ2v) is 5.33. The summed E-state index contributed by atoms with van der Waals surface area (Å²) in [7, 11) is 0. The molecule has 6 N–H and O–H groups in total. The van der Waals surface area contributed by atoms with Gasteiger partial charge in [0.05, 0.1) is 0 Å². The van der Waals surface area contributed by atoms with Crippen LogP contribution in [0.2, 0.25) is 0 Å². The Balaban J connectivity index is 0.00000169. The van der Waals surface area contributed by atoms with E-state index in [1.54, 1.807) is 0 Å². The van der Waals surface area contributed by atoms with Crippen molar-refractivity contribution in [1.82, 2.24) is 0 Å². The first-order valence-corrected chi connectivity index (χ1v) is 7.37. The van der Waals surface area contributed by atoms with Crippen molar-refractivity contribution in [2.75, 3.05) is 0 Å². The fourth-order valence-electron chi connectivity index (χ4n) is 2.36. The number of nitrogens with one attached hydrogen (secondary N) is 2. The van der Waals surface area contributed by atoms with Crippen LogP contribution in [0, 0.1) is 10.8 Å². The number of nitrogen functional groups attached to an aromatic ring is 2. The van der Waals surface area contributed by atoms with Crippen molar-refractivity contribution in [2.24, 2.45) is 11.5 Å². The van der Waals surface area contributed by atoms with E-state index in [2.05, 4.69) is 0 Å². The lowest BCUT2D eigenvalue weighted by molar-refractivity contribution is -0.655. The molecule has 0 amide bonds. The summed E-state index contributed by atoms with van der Waals surface area (Å²) in [5.74, 6) is 0.123. The summed E-state index contributed by atoms with van der Waals surface area (Å²) in [6.07, 6.45) is 7.78. The van der Waals surface area contributed by atoms with E-state index < -0.39 is 0 Å². The number of aromatic nitrogens is 2. The van der Waals surface area contributed by atoms with Crippen LogP contribution in [0.25, 0.3) is 11.4 Å². The third kappa shape index (κ3) is 4.56. The molecule has 0 fully saturated rings. The molecule has 0 radical (unpaired) electrons. The molecule has 1 aromatic heterocycles. The molecule has 0 aliphatic heterocycles. The number of benzene rings is 2. The molecule has 26 heavy (non-hydrogen) atoms. The smallest absolute Gasteiger partial charge is 0.239 e. The Morgan fingerprint density at radius 2 is 0.846 bits per heavy atom. The maximum Gasteiger partial charge on any atom is 0.239 e. The summed E-state index contributed by atoms with van der Waals surface area (Å²) < 4.78 is 3.95. The summed E-state index contributed by atoms with van der Waals surface area (Å²) >= 11 is 0. The highest BCUT2D eigenvalue weighted by molar-refractivity contribution is 5.95. The first-order valence-electron chi connectivity index (χ1n) is 7.37. The molecule has 134 valence electrons. The molecular weight excluding hydrogens is 371 g/mol. The average Bonchev–Trinajstić information content (AvgIpc) is 2.62. The van der Waals surface area contributed by atoms with Gasteiger partial charge in [-0.05, 0) is 24.3 Å². The molecule has 1 heterocycles. The lowest BCUT2D eigenvalue weighted by Gasteiger charge is -2.00. The van der Waals surface area contributed by atoms with Gasteiger partial charge in [0.25, 0.3) is 0 Å². The van der Waals surface area contributed by atoms with Crippen LogP contribution in [0.5, 0.6) is 0 Å². The minimum atomic E-state index is 0. The van der Waals surface area contributed by atoms with Gasteiger partial charge >= 0.3 is 0 Å². The molecule has 0 atom stereocenters. The lowest BCUT2D eigenvalue weighted by Crippen LogP contribution is -3.00. The van der Waals surface area contributed by atoms with Gasteiger partial charge in [-0.2, -0.15) is 9.13 Å². The topological polar surface area (TPSA) is 108 Å². The van der Waals surface area contributed by atoms with Crippen molar-refractivity contribution < 1.29 is 33.9 Å². The molecule has 6 nitrogen and oxygen atoms in total. The van der Waals surface area contributed by atoms with E-state index in [4.69, 9.17) is 22.3 Å². The van der Waals surface area contributed by atoms with Crippen LogP contribution in [0.4, 0.5) is 0 Å². The molecule has 3 aromatic rings. The number of amidine groups is 2. The van der Waals surface area contributed by atoms with Gasteiger partial charge in [0.15, 0.2) is 0 Å². The van der Waals surface area contributed by atoms with Crippen LogP contribution in [0.15, 0.2) is 73.3 Å². The number of nitrogens with two attached hydrogens (primary N) is 2. The largest absolute Gasteiger partial charge is 1.00 e. The van der Waals surface area contributed by atoms with Crippen LogP contribution in [-0.4, -0.2) is 11.7 Å². The van der Waals surface area contributed by atoms with E-state index in [0.29, 0.717) is 11.1 Å². The third-order valence-corrected chi connectivity index (χ3v) is 3.73. The Morgan fingerprint density at radius 1 is 0.577 bits per heavy atom. The Kier molecular flexibility index (Phi) is 7.25. The van der Waals surface area contributed by atoms with Crippen LogP contribution in [0.3, 0.4) is 0 Å². The number of nitrogens with zero attached hydrogens (tertiary/aromatic N) is 2. The quantitative estimate of drug-likeness (QED) is 0.203. The van der Waals surface area contributed by atoms with E-state index in [1.165, 1.54) is 0 Å². The number of rotatable bonds is 4. The van der Waals surface area contributed by atoms with Gasteiger partial charge in [0, 0.05) is 35.4 Å². The second kappa shape index (κ2) is 8.94. The fourth-order valence-corrected chi connectivity index (χ4v) is 2.36. The molecule has 0 spiro atoms. The van der Waals surface area contributed by atoms with Gasteiger partial charge in [0.1, 0.15) is 11.7 Å². The Bertz CT molecular complexity index is 814. The summed E-state index contributed by atoms with van der Waals surface area (Å²) in [4.78, 5) is 0. The fraction of sp³-hybridized carbons (Fsp3) is 0. The van der Waals surface area contributed by atoms with E-state index in [-0.39, 0.29) is 36.5 Å². The second-order valence-electron chi connectivity index (χ2n) is 5.33. The van der Waals surface area contributed by atoms with Gasteiger partial charge in [-0.3, -0.25) is 10.8 Å². The highest BCUT2D eigenvalue weighted by Gasteiger charge is 2.12. The van der Waals surface area contributed by atoms with Gasteiger partial charge in [-0.1, -0.05) is 0 Å². The molecule has 0 saturated heterocycles. The molecule has 3 rings (SSSR count). The zero-order valence-corrected chi connectivity index (χ0v) is 15.2. The lowest BCUT2D eigenvalue weighted by atomic mass is 10.2. The molecule has 0 aliphatic rings. The monoisotopic (exact) mass is 388 g/mol. The minimum absolute atomic E-state index is 0. The van der Waals surface area contributed by atoms with Crippen molar-refractivity contribution in [2.45, 2.75) is 0 Å². The number of hydrogen-bond donors (Lipinski definition) is 4. The van der Waals surface area contributed by atoms with E-state index in [9.17, 15) is 0 Å². The van der Waals surface area contributed by atoms with Gasteiger partial charge in [-0.15, -0.1) is 0 Å². The maximum atomic E-state index is 7.42. The predicted octanol–water partition coefficient (Wildman–Crippen LogP) is -5.18. The van der Waals surface area contributed by atoms with Crippen LogP contribution < -0.4 is 45.4 Å². The number of halogens is 2. The molecule has 2 aromatic carbocycles. The summed E-state index contributed by atoms with van der Waals surface area (Å²) in [6, 6.07) is 15.0. The third-order valence-electron chi connectivity index (χ3n) is 3.73. The summed E-state index contributed by atoms with van der Waals surface area (Å²) in [5, 5.41) is 14.8. The van der Waals surface area contributed by atoms with E-state index >= 15 is 0 Å². The molecular formula is C18H18Cl2N6. The van der Waals surface area contributed by atoms with Crippen LogP contribution >= 0.6 is 0 Å². The minimum Gasteiger partial charge on any atom is -1.00 e. The molecule has 0 unspecified atom stereocenters. The van der Waals surface area contributed by atoms with Crippen molar-refractivity contribution in [3.05, 3.63) is 84.4 Å². The SMILES string of the molecule is N=C(N)c1ccc(-[n+]2cc[n+](-c3ccc(C(=N)N)cc3)cc2)cc1.[Cl-].[Cl-]. The van der Waals surface area contributed by atoms with Crippen molar-refractivity contribution >= 4 is 11.7 Å². The Labute approximate surface area is 163 Å². The van der Waals surface area contributed by atoms with Gasteiger partial charge in [0.2, 0.25) is 36.2 Å². The highest BCUT2D eigenvalue weighted by Crippen LogP contribution is 2.05. The zero-order valence-electron chi connectivity index (χ0n) is 13.7. The molecule has 0 saturated carbocycles. The summed E-state index contributed by atoms with van der Waals surface area (Å²) in [5.41, 5.74) is 14.3. The van der Waals surface area contributed by atoms with Crippen molar-refractivity contribution in [3.63, 3.8) is 0 Å². The van der Waals surface area contributed by atoms with E-state index in [0.717, 1.165) is 11.4 Å². The normalized spacial score (nSPS) is 9.54. The highest BCUT2D eigenvalue weighted by atomic mass is 35.5. The predicted molar refractivity (Wildman–Crippen MR) is 91.5 cm³/mol. The molecule has 8 heteroatoms. The maximum absolute atomic E-state index is 7.42. The van der Waals surface area contributed by atoms with Gasteiger partial charge < -0.3 is 36.3 Å². The molecule has 0 aliphatic carbocycles. The van der Waals surface area contributed by atoms with Crippen molar-refractivity contribution in [3.8, 4) is 11.4 Å². The summed E-state index contributed by atoms with van der Waals surface area (Å²) in [6.45, 7) is 0. The van der Waals surface area contributed by atoms with Crippen LogP contribution in [-0.2, 0) is 0 Å². The number of hydrogen-bond acceptors (Lipinski definition) is 2. The standard InChI is InChI=1S/C18H18N6.2ClH/c19-17(20)13-1-5-15(6-2-13)23-9-11-24(12-10-23)16-7-3-14(4-8-16)18(21)22;;/h1-12H,(H3,19,20)(H3,21,22);2*1H/q+2;;/p-2. The molecule has 0 bridgehead atoms. The average molecular weight is 389 g/mol. The first kappa shape index (κ1) is 21.1.